The first-order chi connectivity index (χ1) is 11.1. The van der Waals surface area contributed by atoms with Crippen molar-refractivity contribution in [1.82, 2.24) is 16.0 Å². The summed E-state index contributed by atoms with van der Waals surface area (Å²) in [6.45, 7) is 10.2. The van der Waals surface area contributed by atoms with Crippen LogP contribution in [0.3, 0.4) is 0 Å². The fraction of sp³-hybridized carbons (Fsp3) is 0.889. The number of amides is 1. The van der Waals surface area contributed by atoms with Gasteiger partial charge >= 0.3 is 0 Å². The second kappa shape index (κ2) is 13.7. The van der Waals surface area contributed by atoms with E-state index in [1.807, 2.05) is 13.8 Å². The third-order valence-corrected chi connectivity index (χ3v) is 4.43. The minimum absolute atomic E-state index is 0. The van der Waals surface area contributed by atoms with E-state index in [9.17, 15) is 4.79 Å². The highest BCUT2D eigenvalue weighted by molar-refractivity contribution is 14.0. The number of carbonyl (C=O) groups excluding carboxylic acids is 1. The van der Waals surface area contributed by atoms with Crippen molar-refractivity contribution in [3.05, 3.63) is 0 Å². The van der Waals surface area contributed by atoms with Crippen LogP contribution in [-0.2, 0) is 4.79 Å². The van der Waals surface area contributed by atoms with Gasteiger partial charge in [0, 0.05) is 25.0 Å². The molecule has 0 unspecified atom stereocenters. The van der Waals surface area contributed by atoms with E-state index < -0.39 is 0 Å². The van der Waals surface area contributed by atoms with E-state index in [0.29, 0.717) is 19.1 Å². The number of hydrogen-bond donors (Lipinski definition) is 3. The lowest BCUT2D eigenvalue weighted by Crippen LogP contribution is -2.45. The van der Waals surface area contributed by atoms with Crippen LogP contribution in [0.5, 0.6) is 0 Å². The molecule has 0 aromatic rings. The number of aliphatic imine (C=N–C) groups is 1. The van der Waals surface area contributed by atoms with Crippen molar-refractivity contribution < 1.29 is 4.79 Å². The summed E-state index contributed by atoms with van der Waals surface area (Å²) in [5.41, 5.74) is 0. The molecule has 1 aliphatic rings. The zero-order valence-corrected chi connectivity index (χ0v) is 18.2. The quantitative estimate of drug-likeness (QED) is 0.229. The van der Waals surface area contributed by atoms with Crippen molar-refractivity contribution in [2.75, 3.05) is 19.6 Å². The molecule has 0 bridgehead atoms. The van der Waals surface area contributed by atoms with Gasteiger partial charge < -0.3 is 16.0 Å². The molecule has 0 radical (unpaired) electrons. The Hall–Kier alpha value is -0.530. The minimum atomic E-state index is 0. The van der Waals surface area contributed by atoms with Crippen LogP contribution in [0.25, 0.3) is 0 Å². The number of halogens is 1. The first-order valence-corrected chi connectivity index (χ1v) is 9.39. The fourth-order valence-corrected chi connectivity index (χ4v) is 3.07. The summed E-state index contributed by atoms with van der Waals surface area (Å²) in [7, 11) is 0. The molecule has 24 heavy (non-hydrogen) atoms. The summed E-state index contributed by atoms with van der Waals surface area (Å²) >= 11 is 0. The zero-order chi connectivity index (χ0) is 17.1. The van der Waals surface area contributed by atoms with E-state index >= 15 is 0 Å². The van der Waals surface area contributed by atoms with E-state index in [0.717, 1.165) is 18.4 Å². The Labute approximate surface area is 165 Å². The molecule has 1 aliphatic carbocycles. The highest BCUT2D eigenvalue weighted by atomic mass is 127. The van der Waals surface area contributed by atoms with Crippen molar-refractivity contribution in [2.24, 2.45) is 16.8 Å². The number of rotatable bonds is 8. The Morgan fingerprint density at radius 3 is 2.33 bits per heavy atom. The van der Waals surface area contributed by atoms with E-state index in [4.69, 9.17) is 0 Å². The molecule has 0 heterocycles. The maximum atomic E-state index is 11.5. The summed E-state index contributed by atoms with van der Waals surface area (Å²) in [4.78, 5) is 16.1. The number of guanidine groups is 1. The Morgan fingerprint density at radius 1 is 1.12 bits per heavy atom. The van der Waals surface area contributed by atoms with Gasteiger partial charge in [-0.3, -0.25) is 9.79 Å². The van der Waals surface area contributed by atoms with Gasteiger partial charge in [0.05, 0.1) is 6.54 Å². The van der Waals surface area contributed by atoms with Gasteiger partial charge in [-0.15, -0.1) is 24.0 Å². The predicted molar refractivity (Wildman–Crippen MR) is 113 cm³/mol. The zero-order valence-electron chi connectivity index (χ0n) is 15.9. The number of nitrogens with zero attached hydrogens (tertiary/aromatic N) is 1. The average molecular weight is 452 g/mol. The standard InChI is InChI=1S/C18H36N4O.HI/c1-5-7-15-8-10-16(11-9-15)22-18(19-6-2)21-13-12-20-17(23)14(3)4;/h14-16H,5-13H2,1-4H3,(H,20,23)(H2,19,21,22);1H. The number of hydrogen-bond acceptors (Lipinski definition) is 2. The maximum Gasteiger partial charge on any atom is 0.222 e. The van der Waals surface area contributed by atoms with Gasteiger partial charge in [0.2, 0.25) is 5.91 Å². The largest absolute Gasteiger partial charge is 0.357 e. The van der Waals surface area contributed by atoms with Crippen LogP contribution >= 0.6 is 24.0 Å². The molecule has 6 heteroatoms. The van der Waals surface area contributed by atoms with Crippen molar-refractivity contribution >= 4 is 35.8 Å². The average Bonchev–Trinajstić information content (AvgIpc) is 2.53. The van der Waals surface area contributed by atoms with Gasteiger partial charge in [-0.05, 0) is 38.5 Å². The van der Waals surface area contributed by atoms with E-state index in [1.54, 1.807) is 0 Å². The summed E-state index contributed by atoms with van der Waals surface area (Å²) in [6, 6.07) is 0.533. The molecule has 1 rings (SSSR count). The predicted octanol–water partition coefficient (Wildman–Crippen LogP) is 3.29. The molecule has 0 aliphatic heterocycles. The molecule has 0 atom stereocenters. The van der Waals surface area contributed by atoms with Crippen LogP contribution in [0.4, 0.5) is 0 Å². The van der Waals surface area contributed by atoms with Crippen molar-refractivity contribution in [3.8, 4) is 0 Å². The van der Waals surface area contributed by atoms with E-state index in [2.05, 4.69) is 34.8 Å². The molecule has 1 amide bonds. The second-order valence-corrected chi connectivity index (χ2v) is 6.86. The smallest absolute Gasteiger partial charge is 0.222 e. The van der Waals surface area contributed by atoms with Crippen LogP contribution in [-0.4, -0.2) is 37.5 Å². The topological polar surface area (TPSA) is 65.5 Å². The molecule has 3 N–H and O–H groups in total. The third-order valence-electron chi connectivity index (χ3n) is 4.43. The Kier molecular flexibility index (Phi) is 13.4. The van der Waals surface area contributed by atoms with Crippen LogP contribution < -0.4 is 16.0 Å². The first-order valence-electron chi connectivity index (χ1n) is 9.39. The molecule has 1 saturated carbocycles. The highest BCUT2D eigenvalue weighted by Gasteiger charge is 2.21. The molecular formula is C18H37IN4O. The van der Waals surface area contributed by atoms with Gasteiger partial charge in [-0.2, -0.15) is 0 Å². The van der Waals surface area contributed by atoms with E-state index in [-0.39, 0.29) is 35.8 Å². The second-order valence-electron chi connectivity index (χ2n) is 6.86. The molecule has 0 spiro atoms. The van der Waals surface area contributed by atoms with Crippen molar-refractivity contribution in [3.63, 3.8) is 0 Å². The van der Waals surface area contributed by atoms with Gasteiger partial charge in [0.1, 0.15) is 0 Å². The lowest BCUT2D eigenvalue weighted by Gasteiger charge is -2.30. The Balaban J connectivity index is 0.00000529. The monoisotopic (exact) mass is 452 g/mol. The summed E-state index contributed by atoms with van der Waals surface area (Å²) in [5, 5.41) is 9.76. The lowest BCUT2D eigenvalue weighted by atomic mass is 9.83. The van der Waals surface area contributed by atoms with Gasteiger partial charge in [-0.1, -0.05) is 33.6 Å². The van der Waals surface area contributed by atoms with Crippen LogP contribution in [0.2, 0.25) is 0 Å². The van der Waals surface area contributed by atoms with Gasteiger partial charge in [0.25, 0.3) is 0 Å². The lowest BCUT2D eigenvalue weighted by molar-refractivity contribution is -0.123. The van der Waals surface area contributed by atoms with Crippen molar-refractivity contribution in [1.29, 1.82) is 0 Å². The fourth-order valence-electron chi connectivity index (χ4n) is 3.07. The molecule has 0 aromatic heterocycles. The summed E-state index contributed by atoms with van der Waals surface area (Å²) in [5.74, 6) is 1.92. The highest BCUT2D eigenvalue weighted by Crippen LogP contribution is 2.27. The summed E-state index contributed by atoms with van der Waals surface area (Å²) < 4.78 is 0. The molecule has 0 aromatic carbocycles. The Bertz CT molecular complexity index is 366. The third kappa shape index (κ3) is 9.69. The van der Waals surface area contributed by atoms with E-state index in [1.165, 1.54) is 38.5 Å². The summed E-state index contributed by atoms with van der Waals surface area (Å²) in [6.07, 6.45) is 7.80. The number of nitrogens with one attached hydrogen (secondary N) is 3. The molecule has 5 nitrogen and oxygen atoms in total. The molecule has 142 valence electrons. The van der Waals surface area contributed by atoms with Gasteiger partial charge in [-0.25, -0.2) is 0 Å². The van der Waals surface area contributed by atoms with Crippen LogP contribution in [0.15, 0.2) is 4.99 Å². The number of carbonyl (C=O) groups is 1. The molecular weight excluding hydrogens is 415 g/mol. The van der Waals surface area contributed by atoms with Crippen LogP contribution in [0, 0.1) is 11.8 Å². The molecule has 0 saturated heterocycles. The Morgan fingerprint density at radius 2 is 1.79 bits per heavy atom. The normalized spacial score (nSPS) is 21.1. The maximum absolute atomic E-state index is 11.5. The van der Waals surface area contributed by atoms with Crippen LogP contribution in [0.1, 0.15) is 66.2 Å². The SMILES string of the molecule is CCCC1CCC(NC(=NCCNC(=O)C(C)C)NCC)CC1.I. The van der Waals surface area contributed by atoms with Crippen molar-refractivity contribution in [2.45, 2.75) is 72.3 Å². The minimum Gasteiger partial charge on any atom is -0.357 e. The molecule has 1 fully saturated rings. The van der Waals surface area contributed by atoms with Gasteiger partial charge in [0.15, 0.2) is 5.96 Å². The first kappa shape index (κ1) is 23.5.